The molecule has 2 N–H and O–H groups in total. The van der Waals surface area contributed by atoms with Gasteiger partial charge in [0.25, 0.3) is 0 Å². The third kappa shape index (κ3) is 5.29. The van der Waals surface area contributed by atoms with Crippen molar-refractivity contribution in [2.75, 3.05) is 32.6 Å². The van der Waals surface area contributed by atoms with Crippen LogP contribution in [0.15, 0.2) is 12.1 Å². The van der Waals surface area contributed by atoms with Gasteiger partial charge < -0.3 is 20.1 Å². The zero-order valence-corrected chi connectivity index (χ0v) is 14.5. The molecule has 1 saturated carbocycles. The summed E-state index contributed by atoms with van der Waals surface area (Å²) in [5.41, 5.74) is 0.554. The molecule has 0 aromatic heterocycles. The normalized spacial score (nSPS) is 15.3. The summed E-state index contributed by atoms with van der Waals surface area (Å²) in [7, 11) is 3.07. The number of methoxy groups -OCH3 is 2. The molecule has 0 unspecified atom stereocenters. The number of benzene rings is 1. The van der Waals surface area contributed by atoms with Gasteiger partial charge >= 0.3 is 0 Å². The quantitative estimate of drug-likeness (QED) is 0.798. The summed E-state index contributed by atoms with van der Waals surface area (Å²) < 4.78 is 10.4. The Morgan fingerprint density at radius 3 is 2.52 bits per heavy atom. The monoisotopic (exact) mass is 340 g/mol. The molecule has 0 spiro atoms. The molecule has 1 aromatic carbocycles. The van der Waals surface area contributed by atoms with E-state index in [-0.39, 0.29) is 12.5 Å². The Hall–Kier alpha value is -1.46. The Morgan fingerprint density at radius 1 is 1.17 bits per heavy atom. The molecule has 1 aromatic rings. The first-order chi connectivity index (χ1) is 11.1. The lowest BCUT2D eigenvalue weighted by Crippen LogP contribution is -2.32. The van der Waals surface area contributed by atoms with Crippen LogP contribution in [0, 0.1) is 5.92 Å². The molecule has 0 heterocycles. The number of carbonyl (C=O) groups excluding carboxylic acids is 1. The van der Waals surface area contributed by atoms with Crippen LogP contribution in [0.4, 0.5) is 5.69 Å². The SMILES string of the molecule is COc1cc(NC(=O)CNCC2CCCCC2)c(OC)cc1Cl. The van der Waals surface area contributed by atoms with E-state index in [4.69, 9.17) is 21.1 Å². The van der Waals surface area contributed by atoms with Gasteiger partial charge in [0.05, 0.1) is 31.5 Å². The van der Waals surface area contributed by atoms with Crippen molar-refractivity contribution in [1.82, 2.24) is 5.32 Å². The van der Waals surface area contributed by atoms with Gasteiger partial charge in [0, 0.05) is 12.1 Å². The smallest absolute Gasteiger partial charge is 0.238 e. The van der Waals surface area contributed by atoms with E-state index in [0.29, 0.717) is 28.1 Å². The molecular formula is C17H25ClN2O3. The number of anilines is 1. The Morgan fingerprint density at radius 2 is 1.87 bits per heavy atom. The van der Waals surface area contributed by atoms with Crippen LogP contribution in [0.3, 0.4) is 0 Å². The van der Waals surface area contributed by atoms with Crippen molar-refractivity contribution in [1.29, 1.82) is 0 Å². The summed E-state index contributed by atoms with van der Waals surface area (Å²) in [6, 6.07) is 3.30. The maximum atomic E-state index is 12.1. The predicted molar refractivity (Wildman–Crippen MR) is 92.6 cm³/mol. The van der Waals surface area contributed by atoms with Gasteiger partial charge in [0.2, 0.25) is 5.91 Å². The number of hydrogen-bond donors (Lipinski definition) is 2. The maximum absolute atomic E-state index is 12.1. The van der Waals surface area contributed by atoms with E-state index < -0.39 is 0 Å². The second-order valence-electron chi connectivity index (χ2n) is 5.87. The Balaban J connectivity index is 1.86. The van der Waals surface area contributed by atoms with Crippen molar-refractivity contribution in [2.24, 2.45) is 5.92 Å². The van der Waals surface area contributed by atoms with Crippen LogP contribution < -0.4 is 20.1 Å². The van der Waals surface area contributed by atoms with Crippen LogP contribution in [0.5, 0.6) is 11.5 Å². The average Bonchev–Trinajstić information content (AvgIpc) is 2.57. The van der Waals surface area contributed by atoms with E-state index in [1.54, 1.807) is 12.1 Å². The second-order valence-corrected chi connectivity index (χ2v) is 6.28. The first kappa shape index (κ1) is 17.9. The lowest BCUT2D eigenvalue weighted by Gasteiger charge is -2.21. The van der Waals surface area contributed by atoms with Crippen LogP contribution in [-0.2, 0) is 4.79 Å². The molecule has 0 radical (unpaired) electrons. The van der Waals surface area contributed by atoms with Crippen molar-refractivity contribution in [3.05, 3.63) is 17.2 Å². The van der Waals surface area contributed by atoms with Crippen LogP contribution in [0.1, 0.15) is 32.1 Å². The molecule has 1 aliphatic carbocycles. The number of halogens is 1. The molecule has 1 aliphatic rings. The standard InChI is InChI=1S/C17H25ClN2O3/c1-22-15-9-14(16(23-2)8-13(15)18)20-17(21)11-19-10-12-6-4-3-5-7-12/h8-9,12,19H,3-7,10-11H2,1-2H3,(H,20,21). The summed E-state index contributed by atoms with van der Waals surface area (Å²) >= 11 is 6.06. The molecular weight excluding hydrogens is 316 g/mol. The zero-order valence-electron chi connectivity index (χ0n) is 13.8. The first-order valence-electron chi connectivity index (χ1n) is 8.06. The second kappa shape index (κ2) is 8.99. The maximum Gasteiger partial charge on any atom is 0.238 e. The average molecular weight is 341 g/mol. The Kier molecular flexibility index (Phi) is 6.99. The van der Waals surface area contributed by atoms with Crippen LogP contribution in [0.25, 0.3) is 0 Å². The highest BCUT2D eigenvalue weighted by Gasteiger charge is 2.15. The minimum absolute atomic E-state index is 0.108. The van der Waals surface area contributed by atoms with Gasteiger partial charge in [-0.3, -0.25) is 4.79 Å². The van der Waals surface area contributed by atoms with Gasteiger partial charge in [-0.15, -0.1) is 0 Å². The van der Waals surface area contributed by atoms with Crippen molar-refractivity contribution in [2.45, 2.75) is 32.1 Å². The van der Waals surface area contributed by atoms with Gasteiger partial charge in [-0.05, 0) is 25.3 Å². The van der Waals surface area contributed by atoms with Gasteiger partial charge in [0.15, 0.2) is 0 Å². The highest BCUT2D eigenvalue weighted by molar-refractivity contribution is 6.32. The fraction of sp³-hybridized carbons (Fsp3) is 0.588. The summed E-state index contributed by atoms with van der Waals surface area (Å²) in [5.74, 6) is 1.60. The molecule has 2 rings (SSSR count). The highest BCUT2D eigenvalue weighted by atomic mass is 35.5. The number of carbonyl (C=O) groups is 1. The third-order valence-corrected chi connectivity index (χ3v) is 4.49. The number of hydrogen-bond acceptors (Lipinski definition) is 4. The van der Waals surface area contributed by atoms with Crippen molar-refractivity contribution < 1.29 is 14.3 Å². The van der Waals surface area contributed by atoms with Gasteiger partial charge in [-0.2, -0.15) is 0 Å². The van der Waals surface area contributed by atoms with Crippen molar-refractivity contribution >= 4 is 23.2 Å². The van der Waals surface area contributed by atoms with E-state index in [1.807, 2.05) is 0 Å². The van der Waals surface area contributed by atoms with Crippen molar-refractivity contribution in [3.8, 4) is 11.5 Å². The van der Waals surface area contributed by atoms with Gasteiger partial charge in [-0.25, -0.2) is 0 Å². The lowest BCUT2D eigenvalue weighted by molar-refractivity contribution is -0.115. The van der Waals surface area contributed by atoms with E-state index in [9.17, 15) is 4.79 Å². The van der Waals surface area contributed by atoms with Crippen molar-refractivity contribution in [3.63, 3.8) is 0 Å². The molecule has 5 nitrogen and oxygen atoms in total. The van der Waals surface area contributed by atoms with E-state index in [1.165, 1.54) is 46.3 Å². The lowest BCUT2D eigenvalue weighted by atomic mass is 9.89. The largest absolute Gasteiger partial charge is 0.495 e. The number of ether oxygens (including phenoxy) is 2. The van der Waals surface area contributed by atoms with Crippen LogP contribution >= 0.6 is 11.6 Å². The van der Waals surface area contributed by atoms with Gasteiger partial charge in [0.1, 0.15) is 11.5 Å². The van der Waals surface area contributed by atoms with E-state index in [0.717, 1.165) is 6.54 Å². The molecule has 23 heavy (non-hydrogen) atoms. The molecule has 1 fully saturated rings. The van der Waals surface area contributed by atoms with E-state index >= 15 is 0 Å². The molecule has 128 valence electrons. The summed E-state index contributed by atoms with van der Waals surface area (Å²) in [6.07, 6.45) is 6.48. The molecule has 0 bridgehead atoms. The van der Waals surface area contributed by atoms with Crippen LogP contribution in [-0.4, -0.2) is 33.2 Å². The fourth-order valence-corrected chi connectivity index (χ4v) is 3.16. The van der Waals surface area contributed by atoms with E-state index in [2.05, 4.69) is 10.6 Å². The summed E-state index contributed by atoms with van der Waals surface area (Å²) in [5, 5.41) is 6.52. The number of rotatable bonds is 7. The summed E-state index contributed by atoms with van der Waals surface area (Å²) in [6.45, 7) is 1.18. The molecule has 1 amide bonds. The Bertz CT molecular complexity index is 531. The topological polar surface area (TPSA) is 59.6 Å². The molecule has 0 saturated heterocycles. The molecule has 0 atom stereocenters. The fourth-order valence-electron chi connectivity index (χ4n) is 2.93. The number of nitrogens with one attached hydrogen (secondary N) is 2. The Labute approximate surface area is 142 Å². The molecule has 0 aliphatic heterocycles. The highest BCUT2D eigenvalue weighted by Crippen LogP contribution is 2.35. The third-order valence-electron chi connectivity index (χ3n) is 4.19. The van der Waals surface area contributed by atoms with Crippen LogP contribution in [0.2, 0.25) is 5.02 Å². The summed E-state index contributed by atoms with van der Waals surface area (Å²) in [4.78, 5) is 12.1. The molecule has 6 heteroatoms. The number of amides is 1. The zero-order chi connectivity index (χ0) is 16.7. The minimum Gasteiger partial charge on any atom is -0.495 e. The predicted octanol–water partition coefficient (Wildman–Crippen LogP) is 3.47. The van der Waals surface area contributed by atoms with Gasteiger partial charge in [-0.1, -0.05) is 30.9 Å². The first-order valence-corrected chi connectivity index (χ1v) is 8.44. The minimum atomic E-state index is -0.108.